The van der Waals surface area contributed by atoms with E-state index in [4.69, 9.17) is 4.74 Å². The third kappa shape index (κ3) is 2.36. The molecule has 0 aliphatic carbocycles. The van der Waals surface area contributed by atoms with Crippen LogP contribution in [0.3, 0.4) is 0 Å². The summed E-state index contributed by atoms with van der Waals surface area (Å²) in [5.41, 5.74) is 1.65. The number of aryl methyl sites for hydroxylation is 1. The lowest BCUT2D eigenvalue weighted by Gasteiger charge is -2.09. The summed E-state index contributed by atoms with van der Waals surface area (Å²) in [4.78, 5) is 12.1. The first-order chi connectivity index (χ1) is 9.65. The van der Waals surface area contributed by atoms with Crippen molar-refractivity contribution in [3.8, 4) is 5.75 Å². The van der Waals surface area contributed by atoms with Crippen molar-refractivity contribution in [2.75, 3.05) is 5.32 Å². The van der Waals surface area contributed by atoms with Crippen LogP contribution in [0.4, 0.5) is 10.2 Å². The van der Waals surface area contributed by atoms with Gasteiger partial charge >= 0.3 is 0 Å². The van der Waals surface area contributed by atoms with Crippen molar-refractivity contribution in [2.24, 2.45) is 0 Å². The van der Waals surface area contributed by atoms with E-state index in [1.54, 1.807) is 12.1 Å². The fourth-order valence-electron chi connectivity index (χ4n) is 2.18. The van der Waals surface area contributed by atoms with Crippen molar-refractivity contribution in [1.82, 2.24) is 10.2 Å². The van der Waals surface area contributed by atoms with Gasteiger partial charge in [-0.25, -0.2) is 4.39 Å². The van der Waals surface area contributed by atoms with Gasteiger partial charge in [0, 0.05) is 23.7 Å². The predicted octanol–water partition coefficient (Wildman–Crippen LogP) is 2.05. The quantitative estimate of drug-likeness (QED) is 0.901. The number of fused-ring (bicyclic) bond motifs is 1. The summed E-state index contributed by atoms with van der Waals surface area (Å²) in [6, 6.07) is 6.04. The lowest BCUT2D eigenvalue weighted by atomic mass is 10.1. The minimum Gasteiger partial charge on any atom is -0.480 e. The van der Waals surface area contributed by atoms with Gasteiger partial charge in [0.25, 0.3) is 5.91 Å². The second-order valence-electron chi connectivity index (χ2n) is 4.68. The van der Waals surface area contributed by atoms with E-state index in [9.17, 15) is 9.18 Å². The number of ether oxygens (including phenoxy) is 1. The maximum atomic E-state index is 13.1. The molecule has 0 bridgehead atoms. The second-order valence-corrected chi connectivity index (χ2v) is 4.68. The van der Waals surface area contributed by atoms with Crippen LogP contribution in [0.15, 0.2) is 24.3 Å². The zero-order chi connectivity index (χ0) is 14.1. The largest absolute Gasteiger partial charge is 0.480 e. The molecule has 1 aliphatic rings. The molecule has 0 saturated heterocycles. The van der Waals surface area contributed by atoms with Gasteiger partial charge in [-0.15, -0.1) is 0 Å². The van der Waals surface area contributed by atoms with Crippen molar-refractivity contribution in [1.29, 1.82) is 0 Å². The number of nitrogens with zero attached hydrogens (tertiary/aromatic N) is 1. The molecular formula is C14H14FN3O2. The van der Waals surface area contributed by atoms with Crippen LogP contribution in [-0.4, -0.2) is 22.2 Å². The molecule has 1 aromatic heterocycles. The van der Waals surface area contributed by atoms with E-state index in [0.29, 0.717) is 23.6 Å². The number of amides is 1. The second kappa shape index (κ2) is 4.96. The van der Waals surface area contributed by atoms with E-state index in [0.717, 1.165) is 12.1 Å². The van der Waals surface area contributed by atoms with E-state index in [1.807, 2.05) is 6.92 Å². The molecule has 0 radical (unpaired) electrons. The number of carbonyl (C=O) groups is 1. The first kappa shape index (κ1) is 12.7. The molecule has 0 fully saturated rings. The smallest absolute Gasteiger partial charge is 0.266 e. The van der Waals surface area contributed by atoms with Gasteiger partial charge in [0.15, 0.2) is 11.9 Å². The summed E-state index contributed by atoms with van der Waals surface area (Å²) in [7, 11) is 0. The molecule has 6 heteroatoms. The highest BCUT2D eigenvalue weighted by Gasteiger charge is 2.29. The molecule has 3 rings (SSSR count). The molecule has 5 nitrogen and oxygen atoms in total. The number of hydrogen-bond donors (Lipinski definition) is 2. The SMILES string of the molecule is CCc1cc(NC(=O)C2Cc3cc(F)ccc3O2)n[nH]1. The monoisotopic (exact) mass is 275 g/mol. The number of halogens is 1. The van der Waals surface area contributed by atoms with Gasteiger partial charge in [-0.3, -0.25) is 9.89 Å². The molecule has 1 atom stereocenters. The van der Waals surface area contributed by atoms with Crippen LogP contribution in [0, 0.1) is 5.82 Å². The molecule has 1 unspecified atom stereocenters. The summed E-state index contributed by atoms with van der Waals surface area (Å²) in [5, 5.41) is 9.50. The van der Waals surface area contributed by atoms with Crippen LogP contribution in [0.1, 0.15) is 18.2 Å². The van der Waals surface area contributed by atoms with Gasteiger partial charge in [0.1, 0.15) is 11.6 Å². The number of anilines is 1. The number of rotatable bonds is 3. The van der Waals surface area contributed by atoms with E-state index >= 15 is 0 Å². The zero-order valence-electron chi connectivity index (χ0n) is 10.9. The number of benzene rings is 1. The lowest BCUT2D eigenvalue weighted by molar-refractivity contribution is -0.122. The summed E-state index contributed by atoms with van der Waals surface area (Å²) >= 11 is 0. The minimum atomic E-state index is -0.645. The third-order valence-corrected chi connectivity index (χ3v) is 3.25. The fraction of sp³-hybridized carbons (Fsp3) is 0.286. The molecule has 2 aromatic rings. The first-order valence-corrected chi connectivity index (χ1v) is 6.46. The maximum Gasteiger partial charge on any atom is 0.266 e. The van der Waals surface area contributed by atoms with Gasteiger partial charge in [0.2, 0.25) is 0 Å². The Morgan fingerprint density at radius 1 is 1.55 bits per heavy atom. The Labute approximate surface area is 115 Å². The van der Waals surface area contributed by atoms with Crippen LogP contribution < -0.4 is 10.1 Å². The number of hydrogen-bond acceptors (Lipinski definition) is 3. The average Bonchev–Trinajstić information content (AvgIpc) is 3.04. The minimum absolute atomic E-state index is 0.282. The van der Waals surface area contributed by atoms with Crippen molar-refractivity contribution in [2.45, 2.75) is 25.9 Å². The van der Waals surface area contributed by atoms with E-state index in [-0.39, 0.29) is 11.7 Å². The van der Waals surface area contributed by atoms with Crippen molar-refractivity contribution < 1.29 is 13.9 Å². The molecule has 1 aromatic carbocycles. The Hall–Kier alpha value is -2.37. The highest BCUT2D eigenvalue weighted by atomic mass is 19.1. The van der Waals surface area contributed by atoms with Gasteiger partial charge in [-0.1, -0.05) is 6.92 Å². The summed E-state index contributed by atoms with van der Waals surface area (Å²) in [6.45, 7) is 1.99. The topological polar surface area (TPSA) is 67.0 Å². The van der Waals surface area contributed by atoms with Crippen LogP contribution in [0.25, 0.3) is 0 Å². The predicted molar refractivity (Wildman–Crippen MR) is 71.1 cm³/mol. The number of aromatic amines is 1. The van der Waals surface area contributed by atoms with Crippen LogP contribution in [0.5, 0.6) is 5.75 Å². The van der Waals surface area contributed by atoms with Gasteiger partial charge < -0.3 is 10.1 Å². The standard InChI is InChI=1S/C14H14FN3O2/c1-2-10-7-13(18-17-10)16-14(19)12-6-8-5-9(15)3-4-11(8)20-12/h3-5,7,12H,2,6H2,1H3,(H2,16,17,18,19). The van der Waals surface area contributed by atoms with Crippen LogP contribution in [-0.2, 0) is 17.6 Å². The highest BCUT2D eigenvalue weighted by molar-refractivity contribution is 5.94. The molecular weight excluding hydrogens is 261 g/mol. The Morgan fingerprint density at radius 2 is 2.40 bits per heavy atom. The van der Waals surface area contributed by atoms with Crippen LogP contribution >= 0.6 is 0 Å². The summed E-state index contributed by atoms with van der Waals surface area (Å²) in [5.74, 6) is 0.421. The highest BCUT2D eigenvalue weighted by Crippen LogP contribution is 2.29. The Morgan fingerprint density at radius 3 is 3.15 bits per heavy atom. The van der Waals surface area contributed by atoms with Crippen molar-refractivity contribution in [3.05, 3.63) is 41.3 Å². The van der Waals surface area contributed by atoms with Gasteiger partial charge in [-0.2, -0.15) is 5.10 Å². The molecule has 1 amide bonds. The normalized spacial score (nSPS) is 16.6. The third-order valence-electron chi connectivity index (χ3n) is 3.25. The summed E-state index contributed by atoms with van der Waals surface area (Å²) in [6.07, 6.45) is 0.533. The number of carbonyl (C=O) groups excluding carboxylic acids is 1. The van der Waals surface area contributed by atoms with Gasteiger partial charge in [0.05, 0.1) is 0 Å². The van der Waals surface area contributed by atoms with Gasteiger partial charge in [-0.05, 0) is 24.6 Å². The van der Waals surface area contributed by atoms with E-state index in [2.05, 4.69) is 15.5 Å². The molecule has 0 spiro atoms. The molecule has 104 valence electrons. The van der Waals surface area contributed by atoms with E-state index in [1.165, 1.54) is 12.1 Å². The molecule has 1 aliphatic heterocycles. The Balaban J connectivity index is 1.68. The average molecular weight is 275 g/mol. The molecule has 0 saturated carbocycles. The van der Waals surface area contributed by atoms with Crippen molar-refractivity contribution in [3.63, 3.8) is 0 Å². The number of aromatic nitrogens is 2. The Kier molecular flexibility index (Phi) is 3.14. The van der Waals surface area contributed by atoms with E-state index < -0.39 is 6.10 Å². The number of H-pyrrole nitrogens is 1. The Bertz CT molecular complexity index is 654. The van der Waals surface area contributed by atoms with Crippen LogP contribution in [0.2, 0.25) is 0 Å². The molecule has 2 N–H and O–H groups in total. The maximum absolute atomic E-state index is 13.1. The summed E-state index contributed by atoms with van der Waals surface area (Å²) < 4.78 is 18.6. The first-order valence-electron chi connectivity index (χ1n) is 6.46. The zero-order valence-corrected chi connectivity index (χ0v) is 10.9. The molecule has 20 heavy (non-hydrogen) atoms. The lowest BCUT2D eigenvalue weighted by Crippen LogP contribution is -2.31. The molecule has 2 heterocycles. The van der Waals surface area contributed by atoms with Crippen molar-refractivity contribution >= 4 is 11.7 Å². The fourth-order valence-corrected chi connectivity index (χ4v) is 2.18. The number of nitrogens with one attached hydrogen (secondary N) is 2.